The summed E-state index contributed by atoms with van der Waals surface area (Å²) in [5.74, 6) is 0.145. The highest BCUT2D eigenvalue weighted by molar-refractivity contribution is 5.94. The number of aromatic nitrogens is 2. The number of nitrogens with zero attached hydrogens (tertiary/aromatic N) is 3. The lowest BCUT2D eigenvalue weighted by Gasteiger charge is -2.28. The Morgan fingerprint density at radius 3 is 2.96 bits per heavy atom. The maximum Gasteiger partial charge on any atom is 0.275 e. The van der Waals surface area contributed by atoms with Crippen LogP contribution in [0.4, 0.5) is 0 Å². The number of hydrogen-bond donors (Lipinski definition) is 2. The molecule has 2 fully saturated rings. The summed E-state index contributed by atoms with van der Waals surface area (Å²) in [5.41, 5.74) is 2.88. The Bertz CT molecular complexity index is 575. The lowest BCUT2D eigenvalue weighted by atomic mass is 10.1. The lowest BCUT2D eigenvalue weighted by molar-refractivity contribution is 0.0664. The van der Waals surface area contributed by atoms with E-state index in [1.54, 1.807) is 0 Å². The van der Waals surface area contributed by atoms with Crippen molar-refractivity contribution in [3.63, 3.8) is 0 Å². The summed E-state index contributed by atoms with van der Waals surface area (Å²) >= 11 is 0. The molecule has 0 spiro atoms. The van der Waals surface area contributed by atoms with Crippen LogP contribution >= 0.6 is 12.4 Å². The number of halogens is 1. The van der Waals surface area contributed by atoms with Crippen LogP contribution in [0.15, 0.2) is 0 Å². The van der Waals surface area contributed by atoms with Crippen molar-refractivity contribution < 1.29 is 4.79 Å². The first-order valence-electron chi connectivity index (χ1n) is 8.59. The van der Waals surface area contributed by atoms with E-state index in [1.807, 2.05) is 0 Å². The molecule has 2 bridgehead atoms. The standard InChI is InChI=1S/C16H25N5O.ClH/c1-2-20-8-6-11-3-4-12(10-20)21(11)16(22)15-13-9-17-7-5-14(13)18-19-15;/h11-12,17H,2-10H2,1H3,(H,18,19);1H. The quantitative estimate of drug-likeness (QED) is 0.849. The minimum absolute atomic E-state index is 0. The fourth-order valence-electron chi connectivity index (χ4n) is 4.29. The third-order valence-electron chi connectivity index (χ3n) is 5.56. The minimum Gasteiger partial charge on any atom is -0.330 e. The van der Waals surface area contributed by atoms with Crippen LogP contribution in [0.5, 0.6) is 0 Å². The Hall–Kier alpha value is -1.11. The molecule has 6 nitrogen and oxygen atoms in total. The van der Waals surface area contributed by atoms with Gasteiger partial charge in [0.05, 0.1) is 0 Å². The van der Waals surface area contributed by atoms with Crippen molar-refractivity contribution in [3.05, 3.63) is 17.0 Å². The molecule has 2 N–H and O–H groups in total. The highest BCUT2D eigenvalue weighted by Gasteiger charge is 2.41. The van der Waals surface area contributed by atoms with E-state index in [1.165, 1.54) is 0 Å². The molecule has 3 aliphatic rings. The molecule has 0 aromatic carbocycles. The zero-order valence-electron chi connectivity index (χ0n) is 13.7. The number of carbonyl (C=O) groups excluding carboxylic acids is 1. The van der Waals surface area contributed by atoms with Gasteiger partial charge >= 0.3 is 0 Å². The number of rotatable bonds is 2. The summed E-state index contributed by atoms with van der Waals surface area (Å²) in [5, 5.41) is 10.8. The molecule has 1 aromatic rings. The van der Waals surface area contributed by atoms with Crippen LogP contribution < -0.4 is 5.32 Å². The van der Waals surface area contributed by atoms with Gasteiger partial charge in [-0.15, -0.1) is 12.4 Å². The first kappa shape index (κ1) is 16.7. The Morgan fingerprint density at radius 1 is 1.30 bits per heavy atom. The largest absolute Gasteiger partial charge is 0.330 e. The van der Waals surface area contributed by atoms with Gasteiger partial charge < -0.3 is 15.1 Å². The van der Waals surface area contributed by atoms with Gasteiger partial charge in [-0.1, -0.05) is 6.92 Å². The second kappa shape index (κ2) is 6.79. The molecule has 4 heterocycles. The molecule has 1 aromatic heterocycles. The molecule has 0 saturated carbocycles. The SMILES string of the molecule is CCN1CCC2CCC(C1)N2C(=O)c1n[nH]c2c1CNCC2.Cl. The van der Waals surface area contributed by atoms with Gasteiger partial charge in [0, 0.05) is 55.9 Å². The number of amides is 1. The van der Waals surface area contributed by atoms with Crippen molar-refractivity contribution >= 4 is 18.3 Å². The van der Waals surface area contributed by atoms with Crippen molar-refractivity contribution in [1.82, 2.24) is 25.3 Å². The molecule has 2 unspecified atom stereocenters. The third kappa shape index (κ3) is 2.88. The molecular formula is C16H26ClN5O. The summed E-state index contributed by atoms with van der Waals surface area (Å²) in [7, 11) is 0. The molecule has 1 amide bonds. The number of nitrogens with one attached hydrogen (secondary N) is 2. The van der Waals surface area contributed by atoms with Crippen LogP contribution in [0.3, 0.4) is 0 Å². The molecular weight excluding hydrogens is 314 g/mol. The van der Waals surface area contributed by atoms with Crippen LogP contribution in [0.1, 0.15) is 47.9 Å². The van der Waals surface area contributed by atoms with Gasteiger partial charge in [-0.3, -0.25) is 9.89 Å². The fraction of sp³-hybridized carbons (Fsp3) is 0.750. The minimum atomic E-state index is 0. The van der Waals surface area contributed by atoms with Crippen molar-refractivity contribution in [2.75, 3.05) is 26.2 Å². The monoisotopic (exact) mass is 339 g/mol. The number of likely N-dealkylation sites (tertiary alicyclic amines) is 1. The van der Waals surface area contributed by atoms with Crippen LogP contribution in [-0.4, -0.2) is 64.2 Å². The molecule has 0 radical (unpaired) electrons. The molecule has 2 atom stereocenters. The van der Waals surface area contributed by atoms with E-state index in [-0.39, 0.29) is 18.3 Å². The maximum absolute atomic E-state index is 13.1. The van der Waals surface area contributed by atoms with Gasteiger partial charge in [-0.05, 0) is 25.8 Å². The second-order valence-corrected chi connectivity index (χ2v) is 6.74. The summed E-state index contributed by atoms with van der Waals surface area (Å²) in [6.45, 7) is 7.14. The summed E-state index contributed by atoms with van der Waals surface area (Å²) in [4.78, 5) is 17.8. The van der Waals surface area contributed by atoms with Crippen LogP contribution in [-0.2, 0) is 13.0 Å². The van der Waals surface area contributed by atoms with Crippen LogP contribution in [0.25, 0.3) is 0 Å². The number of aromatic amines is 1. The van der Waals surface area contributed by atoms with Gasteiger partial charge in [-0.2, -0.15) is 5.10 Å². The molecule has 0 aliphatic carbocycles. The number of likely N-dealkylation sites (N-methyl/N-ethyl adjacent to an activating group) is 1. The molecule has 4 rings (SSSR count). The summed E-state index contributed by atoms with van der Waals surface area (Å²) < 4.78 is 0. The van der Waals surface area contributed by atoms with E-state index in [9.17, 15) is 4.79 Å². The number of H-pyrrole nitrogens is 1. The average molecular weight is 340 g/mol. The van der Waals surface area contributed by atoms with E-state index in [4.69, 9.17) is 0 Å². The number of hydrogen-bond acceptors (Lipinski definition) is 4. The summed E-state index contributed by atoms with van der Waals surface area (Å²) in [6, 6.07) is 0.766. The first-order valence-corrected chi connectivity index (χ1v) is 8.59. The smallest absolute Gasteiger partial charge is 0.275 e. The highest BCUT2D eigenvalue weighted by Crippen LogP contribution is 2.32. The van der Waals surface area contributed by atoms with Crippen LogP contribution in [0.2, 0.25) is 0 Å². The average Bonchev–Trinajstić information content (AvgIpc) is 3.07. The Balaban J connectivity index is 0.00000156. The molecule has 2 saturated heterocycles. The molecule has 3 aliphatic heterocycles. The van der Waals surface area contributed by atoms with Crippen molar-refractivity contribution in [2.24, 2.45) is 0 Å². The predicted molar refractivity (Wildman–Crippen MR) is 91.0 cm³/mol. The summed E-state index contributed by atoms with van der Waals surface area (Å²) in [6.07, 6.45) is 4.32. The molecule has 128 valence electrons. The molecule has 23 heavy (non-hydrogen) atoms. The van der Waals surface area contributed by atoms with Crippen molar-refractivity contribution in [1.29, 1.82) is 0 Å². The maximum atomic E-state index is 13.1. The van der Waals surface area contributed by atoms with Crippen molar-refractivity contribution in [2.45, 2.75) is 51.2 Å². The Labute approximate surface area is 143 Å². The van der Waals surface area contributed by atoms with E-state index < -0.39 is 0 Å². The Kier molecular flexibility index (Phi) is 4.94. The predicted octanol–water partition coefficient (Wildman–Crippen LogP) is 1.18. The van der Waals surface area contributed by atoms with E-state index in [0.717, 1.165) is 69.7 Å². The van der Waals surface area contributed by atoms with Gasteiger partial charge in [0.2, 0.25) is 0 Å². The van der Waals surface area contributed by atoms with Gasteiger partial charge in [0.15, 0.2) is 5.69 Å². The second-order valence-electron chi connectivity index (χ2n) is 6.74. The highest BCUT2D eigenvalue weighted by atomic mass is 35.5. The van der Waals surface area contributed by atoms with E-state index >= 15 is 0 Å². The Morgan fingerprint density at radius 2 is 2.13 bits per heavy atom. The zero-order chi connectivity index (χ0) is 15.1. The van der Waals surface area contributed by atoms with E-state index in [0.29, 0.717) is 17.8 Å². The fourth-order valence-corrected chi connectivity index (χ4v) is 4.29. The van der Waals surface area contributed by atoms with Gasteiger partial charge in [-0.25, -0.2) is 0 Å². The topological polar surface area (TPSA) is 64.3 Å². The van der Waals surface area contributed by atoms with Crippen LogP contribution in [0, 0.1) is 0 Å². The molecule has 7 heteroatoms. The zero-order valence-corrected chi connectivity index (χ0v) is 14.5. The third-order valence-corrected chi connectivity index (χ3v) is 5.56. The first-order chi connectivity index (χ1) is 10.8. The van der Waals surface area contributed by atoms with Crippen molar-refractivity contribution in [3.8, 4) is 0 Å². The normalized spacial score (nSPS) is 27.3. The number of carbonyl (C=O) groups is 1. The van der Waals surface area contributed by atoms with Gasteiger partial charge in [0.1, 0.15) is 0 Å². The van der Waals surface area contributed by atoms with E-state index in [2.05, 4.69) is 32.2 Å². The number of fused-ring (bicyclic) bond motifs is 3. The lowest BCUT2D eigenvalue weighted by Crippen LogP contribution is -2.43. The van der Waals surface area contributed by atoms with Gasteiger partial charge in [0.25, 0.3) is 5.91 Å².